The molecule has 0 heterocycles. The number of esters is 1. The summed E-state index contributed by atoms with van der Waals surface area (Å²) in [5.41, 5.74) is -0.482. The van der Waals surface area contributed by atoms with Gasteiger partial charge in [0, 0.05) is 29.4 Å². The zero-order chi connectivity index (χ0) is 13.6. The molecule has 0 aliphatic carbocycles. The smallest absolute Gasteiger partial charge is 0.311 e. The summed E-state index contributed by atoms with van der Waals surface area (Å²) in [6.45, 7) is 8.47. The summed E-state index contributed by atoms with van der Waals surface area (Å²) in [5, 5.41) is 9.59. The maximum atomic E-state index is 11.8. The molecule has 4 nitrogen and oxygen atoms in total. The Morgan fingerprint density at radius 3 is 2.41 bits per heavy atom. The fraction of sp³-hybridized carbons (Fsp3) is 0.917. The normalized spacial score (nSPS) is 14.2. The zero-order valence-corrected chi connectivity index (χ0v) is 13.5. The number of nitrogens with zero attached hydrogens (tertiary/aromatic N) is 1. The van der Waals surface area contributed by atoms with Gasteiger partial charge in [-0.05, 0) is 33.2 Å². The Morgan fingerprint density at radius 1 is 1.47 bits per heavy atom. The van der Waals surface area contributed by atoms with Crippen LogP contribution >= 0.6 is 22.9 Å². The molecule has 17 heavy (non-hydrogen) atoms. The fourth-order valence-corrected chi connectivity index (χ4v) is 2.27. The summed E-state index contributed by atoms with van der Waals surface area (Å²) in [6, 6.07) is 0. The molecule has 0 aromatic heterocycles. The Kier molecular flexibility index (Phi) is 7.58. The lowest BCUT2D eigenvalue weighted by atomic mass is 9.84. The van der Waals surface area contributed by atoms with Crippen molar-refractivity contribution in [3.8, 4) is 0 Å². The number of carbonyl (C=O) groups excluding carboxylic acids is 1. The van der Waals surface area contributed by atoms with E-state index in [1.54, 1.807) is 0 Å². The first-order valence-electron chi connectivity index (χ1n) is 5.87. The van der Waals surface area contributed by atoms with Gasteiger partial charge in [0.05, 0.1) is 5.41 Å². The number of hydrogen-bond donors (Lipinski definition) is 1. The van der Waals surface area contributed by atoms with Gasteiger partial charge in [0.1, 0.15) is 12.7 Å². The van der Waals surface area contributed by atoms with Gasteiger partial charge in [-0.2, -0.15) is 0 Å². The van der Waals surface area contributed by atoms with E-state index in [2.05, 4.69) is 36.7 Å². The predicted octanol–water partition coefficient (Wildman–Crippen LogP) is 2.24. The second-order valence-electron chi connectivity index (χ2n) is 5.52. The Bertz CT molecular complexity index is 242. The first kappa shape index (κ1) is 17.1. The highest BCUT2D eigenvalue weighted by Crippen LogP contribution is 2.26. The number of rotatable bonds is 7. The molecule has 1 unspecified atom stereocenters. The Morgan fingerprint density at radius 2 is 2.00 bits per heavy atom. The summed E-state index contributed by atoms with van der Waals surface area (Å²) in [4.78, 5) is 11.8. The maximum Gasteiger partial charge on any atom is 0.311 e. The van der Waals surface area contributed by atoms with E-state index in [1.165, 1.54) is 0 Å². The molecule has 0 saturated heterocycles. The van der Waals surface area contributed by atoms with Crippen LogP contribution in [0.2, 0.25) is 0 Å². The van der Waals surface area contributed by atoms with E-state index in [4.69, 9.17) is 4.74 Å². The van der Waals surface area contributed by atoms with Crippen LogP contribution in [0.4, 0.5) is 0 Å². The van der Waals surface area contributed by atoms with Crippen molar-refractivity contribution < 1.29 is 14.6 Å². The van der Waals surface area contributed by atoms with Crippen molar-refractivity contribution in [2.75, 3.05) is 20.2 Å². The van der Waals surface area contributed by atoms with Gasteiger partial charge in [0.25, 0.3) is 0 Å². The largest absolute Gasteiger partial charge is 0.462 e. The number of halogens is 1. The van der Waals surface area contributed by atoms with Crippen molar-refractivity contribution in [2.24, 2.45) is 11.3 Å². The van der Waals surface area contributed by atoms with Gasteiger partial charge in [-0.1, -0.05) is 13.8 Å². The van der Waals surface area contributed by atoms with Crippen LogP contribution in [0, 0.1) is 11.3 Å². The second-order valence-corrected chi connectivity index (χ2v) is 7.17. The predicted molar refractivity (Wildman–Crippen MR) is 76.9 cm³/mol. The third-order valence-electron chi connectivity index (χ3n) is 2.34. The number of aliphatic hydroxyl groups excluding tert-OH is 1. The molecule has 0 saturated carbocycles. The summed E-state index contributed by atoms with van der Waals surface area (Å²) >= 11 is 2.08. The van der Waals surface area contributed by atoms with Crippen LogP contribution in [0.3, 0.4) is 0 Å². The molecule has 0 aromatic rings. The summed E-state index contributed by atoms with van der Waals surface area (Å²) in [7, 11) is 1.86. The van der Waals surface area contributed by atoms with E-state index >= 15 is 0 Å². The molecule has 0 amide bonds. The standard InChI is InChI=1S/C12H24INO3/c1-9(2)6-12(3,4)11(16)17-8-10(15)7-14(5)13/h9-10,15H,6-8H2,1-5H3. The summed E-state index contributed by atoms with van der Waals surface area (Å²) < 4.78 is 6.98. The number of likely N-dealkylation sites (N-methyl/N-ethyl adjacent to an activating group) is 1. The summed E-state index contributed by atoms with van der Waals surface area (Å²) in [5.74, 6) is 0.212. The molecule has 0 bridgehead atoms. The lowest BCUT2D eigenvalue weighted by molar-refractivity contribution is -0.157. The Labute approximate surface area is 118 Å². The minimum Gasteiger partial charge on any atom is -0.462 e. The number of aliphatic hydroxyl groups is 1. The molecule has 102 valence electrons. The quantitative estimate of drug-likeness (QED) is 0.431. The lowest BCUT2D eigenvalue weighted by Crippen LogP contribution is -2.33. The van der Waals surface area contributed by atoms with Gasteiger partial charge < -0.3 is 9.84 Å². The van der Waals surface area contributed by atoms with E-state index in [0.29, 0.717) is 12.5 Å². The van der Waals surface area contributed by atoms with Crippen molar-refractivity contribution in [3.63, 3.8) is 0 Å². The van der Waals surface area contributed by atoms with Gasteiger partial charge in [0.15, 0.2) is 0 Å². The molecule has 0 aromatic carbocycles. The zero-order valence-electron chi connectivity index (χ0n) is 11.4. The molecule has 0 fully saturated rings. The molecule has 1 atom stereocenters. The van der Waals surface area contributed by atoms with Crippen LogP contribution < -0.4 is 0 Å². The lowest BCUT2D eigenvalue weighted by Gasteiger charge is -2.25. The third-order valence-corrected chi connectivity index (χ3v) is 2.73. The van der Waals surface area contributed by atoms with Crippen LogP contribution in [-0.2, 0) is 9.53 Å². The van der Waals surface area contributed by atoms with Crippen LogP contribution in [-0.4, -0.2) is 40.5 Å². The molecular weight excluding hydrogens is 333 g/mol. The first-order valence-corrected chi connectivity index (χ1v) is 6.84. The van der Waals surface area contributed by atoms with Gasteiger partial charge in [-0.25, -0.2) is 3.11 Å². The van der Waals surface area contributed by atoms with Gasteiger partial charge in [-0.3, -0.25) is 4.79 Å². The topological polar surface area (TPSA) is 49.8 Å². The van der Waals surface area contributed by atoms with Crippen LogP contribution in [0.25, 0.3) is 0 Å². The molecule has 0 rings (SSSR count). The second kappa shape index (κ2) is 7.53. The van der Waals surface area contributed by atoms with E-state index in [1.807, 2.05) is 24.0 Å². The van der Waals surface area contributed by atoms with Crippen molar-refractivity contribution in [1.82, 2.24) is 3.11 Å². The highest BCUT2D eigenvalue weighted by atomic mass is 127. The van der Waals surface area contributed by atoms with E-state index in [9.17, 15) is 9.90 Å². The number of hydrogen-bond acceptors (Lipinski definition) is 4. The molecule has 1 N–H and O–H groups in total. The average Bonchev–Trinajstić information content (AvgIpc) is 2.10. The summed E-state index contributed by atoms with van der Waals surface area (Å²) in [6.07, 6.45) is 0.157. The average molecular weight is 357 g/mol. The van der Waals surface area contributed by atoms with E-state index < -0.39 is 11.5 Å². The fourth-order valence-electron chi connectivity index (χ4n) is 1.81. The van der Waals surface area contributed by atoms with Crippen molar-refractivity contribution in [3.05, 3.63) is 0 Å². The Hall–Kier alpha value is 0.120. The molecular formula is C12H24INO3. The van der Waals surface area contributed by atoms with Crippen molar-refractivity contribution in [2.45, 2.75) is 40.2 Å². The van der Waals surface area contributed by atoms with Gasteiger partial charge >= 0.3 is 5.97 Å². The highest BCUT2D eigenvalue weighted by molar-refractivity contribution is 14.1. The molecule has 0 aliphatic rings. The first-order chi connectivity index (χ1) is 7.65. The Balaban J connectivity index is 4.08. The molecule has 0 spiro atoms. The minimum atomic E-state index is -0.629. The number of ether oxygens (including phenoxy) is 1. The number of carbonyl (C=O) groups is 1. The van der Waals surface area contributed by atoms with Crippen LogP contribution in [0.15, 0.2) is 0 Å². The van der Waals surface area contributed by atoms with E-state index in [-0.39, 0.29) is 12.6 Å². The van der Waals surface area contributed by atoms with Gasteiger partial charge in [0.2, 0.25) is 0 Å². The molecule has 5 heteroatoms. The van der Waals surface area contributed by atoms with Crippen LogP contribution in [0.5, 0.6) is 0 Å². The molecule has 0 aliphatic heterocycles. The highest BCUT2D eigenvalue weighted by Gasteiger charge is 2.30. The van der Waals surface area contributed by atoms with Crippen LogP contribution in [0.1, 0.15) is 34.1 Å². The SMILES string of the molecule is CC(C)CC(C)(C)C(=O)OCC(O)CN(C)I. The van der Waals surface area contributed by atoms with Crippen molar-refractivity contribution >= 4 is 28.8 Å². The third kappa shape index (κ3) is 7.94. The van der Waals surface area contributed by atoms with Gasteiger partial charge in [-0.15, -0.1) is 0 Å². The minimum absolute atomic E-state index is 0.0632. The van der Waals surface area contributed by atoms with E-state index in [0.717, 1.165) is 6.42 Å². The molecule has 0 radical (unpaired) electrons. The maximum absolute atomic E-state index is 11.8. The van der Waals surface area contributed by atoms with Crippen molar-refractivity contribution in [1.29, 1.82) is 0 Å². The monoisotopic (exact) mass is 357 g/mol.